The summed E-state index contributed by atoms with van der Waals surface area (Å²) < 4.78 is 14.3. The molecule has 0 saturated carbocycles. The number of carbonyl (C=O) groups is 3. The number of halogens is 1. The number of hydrogen-bond donors (Lipinski definition) is 4. The molecule has 13 heteroatoms. The van der Waals surface area contributed by atoms with E-state index in [1.54, 1.807) is 29.2 Å². The van der Waals surface area contributed by atoms with Crippen molar-refractivity contribution < 1.29 is 18.8 Å². The Bertz CT molecular complexity index is 1840. The molecule has 0 radical (unpaired) electrons. The zero-order valence-corrected chi connectivity index (χ0v) is 28.1. The molecule has 1 aliphatic carbocycles. The number of likely N-dealkylation sites (tertiary alicyclic amines) is 1. The Morgan fingerprint density at radius 3 is 2.14 bits per heavy atom. The maximum atomic E-state index is 14.3. The first-order valence-electron chi connectivity index (χ1n) is 17.0. The van der Waals surface area contributed by atoms with Crippen LogP contribution in [0.2, 0.25) is 0 Å². The lowest BCUT2D eigenvalue weighted by molar-refractivity contribution is -0.130. The van der Waals surface area contributed by atoms with Gasteiger partial charge in [0, 0.05) is 36.8 Å². The standard InChI is InChI=1S/C37H40FN9O3/c1-3-40-34(49)26-11-15-30-24(18-26)7-8-25-19-27(35(50)41-4-2)12-16-31(25)37(30,36-43-45-46-44-36)20-32(23-9-13-28(38)14-10-23)42-22-33(48)47-17-5-6-29(47)21-39/h9-16,18-19,29,32,42H,3-8,17,20,22H2,1-2H3,(H,40,49)(H,41,50)(H,43,44,45,46)/t29-,32-/m0/s1. The predicted molar refractivity (Wildman–Crippen MR) is 182 cm³/mol. The van der Waals surface area contributed by atoms with Crippen molar-refractivity contribution in [2.45, 2.75) is 63.5 Å². The van der Waals surface area contributed by atoms with Crippen LogP contribution in [0, 0.1) is 17.1 Å². The second kappa shape index (κ2) is 15.0. The van der Waals surface area contributed by atoms with Crippen LogP contribution in [0.25, 0.3) is 0 Å². The van der Waals surface area contributed by atoms with Crippen molar-refractivity contribution in [1.29, 1.82) is 5.26 Å². The lowest BCUT2D eigenvalue weighted by Crippen LogP contribution is -2.43. The third-order valence-corrected chi connectivity index (χ3v) is 9.75. The molecule has 2 atom stereocenters. The number of rotatable bonds is 11. The number of aryl methyl sites for hydroxylation is 2. The smallest absolute Gasteiger partial charge is 0.251 e. The number of aromatic amines is 1. The van der Waals surface area contributed by atoms with Crippen molar-refractivity contribution in [3.8, 4) is 6.07 Å². The highest BCUT2D eigenvalue weighted by Gasteiger charge is 2.46. The number of nitrogens with zero attached hydrogens (tertiary/aromatic N) is 5. The second-order valence-corrected chi connectivity index (χ2v) is 12.7. The minimum atomic E-state index is -1.08. The Kier molecular flexibility index (Phi) is 10.3. The van der Waals surface area contributed by atoms with Gasteiger partial charge in [-0.3, -0.25) is 14.4 Å². The predicted octanol–water partition coefficient (Wildman–Crippen LogP) is 3.51. The van der Waals surface area contributed by atoms with Crippen LogP contribution in [0.3, 0.4) is 0 Å². The Labute approximate surface area is 289 Å². The van der Waals surface area contributed by atoms with Gasteiger partial charge >= 0.3 is 0 Å². The first kappa shape index (κ1) is 34.4. The highest BCUT2D eigenvalue weighted by molar-refractivity contribution is 5.95. The van der Waals surface area contributed by atoms with Crippen LogP contribution in [0.15, 0.2) is 60.7 Å². The van der Waals surface area contributed by atoms with Crippen molar-refractivity contribution in [2.24, 2.45) is 0 Å². The van der Waals surface area contributed by atoms with Crippen LogP contribution in [0.4, 0.5) is 4.39 Å². The molecule has 4 N–H and O–H groups in total. The lowest BCUT2D eigenvalue weighted by atomic mass is 9.67. The average molecular weight is 678 g/mol. The largest absolute Gasteiger partial charge is 0.352 e. The van der Waals surface area contributed by atoms with Crippen LogP contribution >= 0.6 is 0 Å². The van der Waals surface area contributed by atoms with Gasteiger partial charge in [-0.1, -0.05) is 24.3 Å². The maximum absolute atomic E-state index is 14.3. The van der Waals surface area contributed by atoms with Gasteiger partial charge in [-0.2, -0.15) is 5.26 Å². The van der Waals surface area contributed by atoms with E-state index in [1.165, 1.54) is 12.1 Å². The zero-order chi connectivity index (χ0) is 35.3. The molecule has 2 heterocycles. The number of nitriles is 1. The molecule has 1 aliphatic heterocycles. The van der Waals surface area contributed by atoms with E-state index in [1.807, 2.05) is 38.1 Å². The molecular weight excluding hydrogens is 637 g/mol. The molecule has 3 aromatic carbocycles. The number of tetrazole rings is 1. The van der Waals surface area contributed by atoms with E-state index in [9.17, 15) is 24.0 Å². The normalized spacial score (nSPS) is 16.8. The summed E-state index contributed by atoms with van der Waals surface area (Å²) >= 11 is 0. The van der Waals surface area contributed by atoms with E-state index in [2.05, 4.69) is 42.6 Å². The van der Waals surface area contributed by atoms with E-state index in [0.717, 1.165) is 34.2 Å². The van der Waals surface area contributed by atoms with E-state index in [-0.39, 0.29) is 30.7 Å². The molecule has 3 amide bonds. The van der Waals surface area contributed by atoms with Gasteiger partial charge in [0.25, 0.3) is 11.8 Å². The van der Waals surface area contributed by atoms with Gasteiger partial charge in [0.15, 0.2) is 5.82 Å². The van der Waals surface area contributed by atoms with Crippen molar-refractivity contribution >= 4 is 17.7 Å². The fourth-order valence-corrected chi connectivity index (χ4v) is 7.39. The van der Waals surface area contributed by atoms with Crippen molar-refractivity contribution in [1.82, 2.24) is 41.5 Å². The molecule has 50 heavy (non-hydrogen) atoms. The van der Waals surface area contributed by atoms with Gasteiger partial charge < -0.3 is 20.9 Å². The first-order chi connectivity index (χ1) is 24.3. The van der Waals surface area contributed by atoms with Gasteiger partial charge in [-0.15, -0.1) is 5.10 Å². The van der Waals surface area contributed by atoms with Crippen molar-refractivity contribution in [3.63, 3.8) is 0 Å². The Balaban J connectivity index is 1.52. The molecule has 0 unspecified atom stereocenters. The number of nitrogens with one attached hydrogen (secondary N) is 4. The van der Waals surface area contributed by atoms with Crippen molar-refractivity contribution in [2.75, 3.05) is 26.2 Å². The van der Waals surface area contributed by atoms with Gasteiger partial charge in [0.2, 0.25) is 5.91 Å². The van der Waals surface area contributed by atoms with Gasteiger partial charge in [-0.25, -0.2) is 9.49 Å². The number of carbonyl (C=O) groups excluding carboxylic acids is 3. The topological polar surface area (TPSA) is 169 Å². The fourth-order valence-electron chi connectivity index (χ4n) is 7.39. The molecule has 2 aliphatic rings. The zero-order valence-electron chi connectivity index (χ0n) is 28.1. The molecule has 1 aromatic heterocycles. The van der Waals surface area contributed by atoms with Crippen molar-refractivity contribution in [3.05, 3.63) is 111 Å². The number of H-pyrrole nitrogens is 1. The van der Waals surface area contributed by atoms with Crippen LogP contribution in [0.5, 0.6) is 0 Å². The summed E-state index contributed by atoms with van der Waals surface area (Å²) in [7, 11) is 0. The number of amides is 3. The molecule has 4 aromatic rings. The van der Waals surface area contributed by atoms with Gasteiger partial charge in [-0.05, 0) is 121 Å². The van der Waals surface area contributed by atoms with Crippen LogP contribution < -0.4 is 16.0 Å². The van der Waals surface area contributed by atoms with E-state index < -0.39 is 23.3 Å². The third-order valence-electron chi connectivity index (χ3n) is 9.75. The van der Waals surface area contributed by atoms with E-state index in [4.69, 9.17) is 0 Å². The molecule has 12 nitrogen and oxygen atoms in total. The Morgan fingerprint density at radius 1 is 0.980 bits per heavy atom. The SMILES string of the molecule is CCNC(=O)c1ccc2c(c1)CCc1cc(C(=O)NCC)ccc1C2(C[C@H](NCC(=O)N1CCC[C@H]1C#N)c1ccc(F)cc1)c1nnn[nH]1. The minimum absolute atomic E-state index is 0.0586. The monoisotopic (exact) mass is 677 g/mol. The molecular formula is C37H40FN9O3. The Morgan fingerprint density at radius 2 is 1.60 bits per heavy atom. The van der Waals surface area contributed by atoms with Crippen LogP contribution in [-0.4, -0.2) is 75.5 Å². The van der Waals surface area contributed by atoms with E-state index >= 15 is 0 Å². The van der Waals surface area contributed by atoms with Gasteiger partial charge in [0.05, 0.1) is 18.0 Å². The molecule has 1 fully saturated rings. The summed E-state index contributed by atoms with van der Waals surface area (Å²) in [5, 5.41) is 34.3. The minimum Gasteiger partial charge on any atom is -0.352 e. The van der Waals surface area contributed by atoms with Crippen LogP contribution in [0.1, 0.15) is 93.5 Å². The third kappa shape index (κ3) is 6.71. The van der Waals surface area contributed by atoms with Gasteiger partial charge in [0.1, 0.15) is 11.9 Å². The number of hydrogen-bond acceptors (Lipinski definition) is 8. The highest BCUT2D eigenvalue weighted by Crippen LogP contribution is 2.49. The summed E-state index contributed by atoms with van der Waals surface area (Å²) in [6, 6.07) is 18.6. The van der Waals surface area contributed by atoms with Crippen LogP contribution in [-0.2, 0) is 23.1 Å². The number of benzene rings is 3. The lowest BCUT2D eigenvalue weighted by Gasteiger charge is -2.38. The molecule has 6 rings (SSSR count). The highest BCUT2D eigenvalue weighted by atomic mass is 19.1. The number of aromatic nitrogens is 4. The summed E-state index contributed by atoms with van der Waals surface area (Å²) in [5.41, 5.74) is 4.21. The summed E-state index contributed by atoms with van der Waals surface area (Å²) in [6.45, 7) is 5.14. The fraction of sp³-hybridized carbons (Fsp3) is 0.378. The molecule has 1 saturated heterocycles. The molecule has 0 spiro atoms. The summed E-state index contributed by atoms with van der Waals surface area (Å²) in [5.74, 6) is -0.541. The Hall–Kier alpha value is -5.48. The summed E-state index contributed by atoms with van der Waals surface area (Å²) in [4.78, 5) is 41.1. The first-order valence-corrected chi connectivity index (χ1v) is 17.0. The molecule has 258 valence electrons. The maximum Gasteiger partial charge on any atom is 0.251 e. The summed E-state index contributed by atoms with van der Waals surface area (Å²) in [6.07, 6.45) is 2.79. The second-order valence-electron chi connectivity index (χ2n) is 12.7. The quantitative estimate of drug-likeness (QED) is 0.187. The average Bonchev–Trinajstić information content (AvgIpc) is 3.83. The molecule has 0 bridgehead atoms. The number of fused-ring (bicyclic) bond motifs is 2. The van der Waals surface area contributed by atoms with E-state index in [0.29, 0.717) is 55.8 Å².